The van der Waals surface area contributed by atoms with Crippen molar-refractivity contribution in [3.05, 3.63) is 35.4 Å². The zero-order valence-corrected chi connectivity index (χ0v) is 11.4. The molecule has 0 aliphatic carbocycles. The Balaban J connectivity index is 2.38. The van der Waals surface area contributed by atoms with E-state index in [1.54, 1.807) is 0 Å². The van der Waals surface area contributed by atoms with Crippen molar-refractivity contribution in [2.45, 2.75) is 52.4 Å². The van der Waals surface area contributed by atoms with Crippen LogP contribution in [-0.2, 0) is 6.42 Å². The van der Waals surface area contributed by atoms with Gasteiger partial charge in [-0.1, -0.05) is 56.9 Å². The van der Waals surface area contributed by atoms with Crippen LogP contribution in [0.4, 0.5) is 0 Å². The zero-order valence-electron chi connectivity index (χ0n) is 11.4. The molecule has 1 rings (SSSR count). The second-order valence-corrected chi connectivity index (χ2v) is 5.08. The van der Waals surface area contributed by atoms with E-state index >= 15 is 0 Å². The zero-order chi connectivity index (χ0) is 12.5. The maximum atomic E-state index is 5.89. The average Bonchev–Trinajstić information content (AvgIpc) is 2.35. The minimum atomic E-state index is 0.660. The van der Waals surface area contributed by atoms with Crippen LogP contribution in [0.1, 0.15) is 50.2 Å². The number of nitrogens with two attached hydrogens (primary N) is 1. The Bertz CT molecular complexity index is 306. The average molecular weight is 233 g/mol. The number of rotatable bonds is 8. The van der Waals surface area contributed by atoms with Gasteiger partial charge in [-0.3, -0.25) is 0 Å². The first kappa shape index (κ1) is 14.2. The summed E-state index contributed by atoms with van der Waals surface area (Å²) in [4.78, 5) is 0. The van der Waals surface area contributed by atoms with E-state index in [0.717, 1.165) is 13.0 Å². The van der Waals surface area contributed by atoms with Gasteiger partial charge in [-0.2, -0.15) is 0 Å². The van der Waals surface area contributed by atoms with Crippen molar-refractivity contribution in [3.8, 4) is 0 Å². The quantitative estimate of drug-likeness (QED) is 0.673. The van der Waals surface area contributed by atoms with Gasteiger partial charge in [-0.25, -0.2) is 0 Å². The van der Waals surface area contributed by atoms with Gasteiger partial charge in [0, 0.05) is 0 Å². The van der Waals surface area contributed by atoms with E-state index in [0.29, 0.717) is 5.92 Å². The maximum Gasteiger partial charge on any atom is -0.00457 e. The van der Waals surface area contributed by atoms with Crippen LogP contribution in [0.25, 0.3) is 0 Å². The highest BCUT2D eigenvalue weighted by molar-refractivity contribution is 5.25. The number of aryl methyl sites for hydroxylation is 1. The Hall–Kier alpha value is -0.820. The summed E-state index contributed by atoms with van der Waals surface area (Å²) in [7, 11) is 0. The lowest BCUT2D eigenvalue weighted by atomic mass is 9.92. The molecule has 0 saturated heterocycles. The molecule has 0 bridgehead atoms. The van der Waals surface area contributed by atoms with E-state index < -0.39 is 0 Å². The van der Waals surface area contributed by atoms with Crippen molar-refractivity contribution < 1.29 is 0 Å². The van der Waals surface area contributed by atoms with E-state index in [1.807, 2.05) is 0 Å². The Labute approximate surface area is 106 Å². The summed E-state index contributed by atoms with van der Waals surface area (Å²) in [5, 5.41) is 0. The molecule has 0 aliphatic heterocycles. The summed E-state index contributed by atoms with van der Waals surface area (Å²) < 4.78 is 0. The predicted molar refractivity (Wildman–Crippen MR) is 76.2 cm³/mol. The normalized spacial score (nSPS) is 12.6. The molecule has 1 aromatic rings. The monoisotopic (exact) mass is 233 g/mol. The minimum Gasteiger partial charge on any atom is -0.330 e. The molecule has 1 unspecified atom stereocenters. The highest BCUT2D eigenvalue weighted by Crippen LogP contribution is 2.17. The second kappa shape index (κ2) is 8.30. The summed E-state index contributed by atoms with van der Waals surface area (Å²) in [6.45, 7) is 5.27. The van der Waals surface area contributed by atoms with Crippen LogP contribution < -0.4 is 5.73 Å². The van der Waals surface area contributed by atoms with Gasteiger partial charge in [0.15, 0.2) is 0 Å². The van der Waals surface area contributed by atoms with Gasteiger partial charge >= 0.3 is 0 Å². The lowest BCUT2D eigenvalue weighted by Gasteiger charge is -2.16. The number of unbranched alkanes of at least 4 members (excludes halogenated alkanes) is 3. The summed E-state index contributed by atoms with van der Waals surface area (Å²) in [5.74, 6) is 0.660. The molecule has 0 aromatic heterocycles. The lowest BCUT2D eigenvalue weighted by Crippen LogP contribution is -2.17. The Morgan fingerprint density at radius 2 is 1.88 bits per heavy atom. The van der Waals surface area contributed by atoms with Crippen molar-refractivity contribution in [2.24, 2.45) is 11.7 Å². The van der Waals surface area contributed by atoms with E-state index in [2.05, 4.69) is 38.1 Å². The molecule has 1 aromatic carbocycles. The smallest absolute Gasteiger partial charge is 0.00457 e. The van der Waals surface area contributed by atoms with Crippen LogP contribution in [0, 0.1) is 12.8 Å². The molecular formula is C16H27N. The predicted octanol–water partition coefficient (Wildman–Crippen LogP) is 4.08. The Morgan fingerprint density at radius 1 is 1.12 bits per heavy atom. The third-order valence-corrected chi connectivity index (χ3v) is 3.57. The topological polar surface area (TPSA) is 26.0 Å². The molecule has 0 saturated carbocycles. The summed E-state index contributed by atoms with van der Waals surface area (Å²) in [6.07, 6.45) is 7.80. The van der Waals surface area contributed by atoms with Gasteiger partial charge < -0.3 is 5.73 Å². The number of hydrogen-bond donors (Lipinski definition) is 1. The fraction of sp³-hybridized carbons (Fsp3) is 0.625. The summed E-state index contributed by atoms with van der Waals surface area (Å²) in [5.41, 5.74) is 8.76. The summed E-state index contributed by atoms with van der Waals surface area (Å²) in [6, 6.07) is 8.68. The minimum absolute atomic E-state index is 0.660. The van der Waals surface area contributed by atoms with Crippen molar-refractivity contribution in [1.29, 1.82) is 0 Å². The van der Waals surface area contributed by atoms with Crippen molar-refractivity contribution in [1.82, 2.24) is 0 Å². The largest absolute Gasteiger partial charge is 0.330 e. The molecule has 0 amide bonds. The maximum absolute atomic E-state index is 5.89. The van der Waals surface area contributed by atoms with E-state index in [-0.39, 0.29) is 0 Å². The summed E-state index contributed by atoms with van der Waals surface area (Å²) >= 11 is 0. The van der Waals surface area contributed by atoms with E-state index in [1.165, 1.54) is 43.2 Å². The van der Waals surface area contributed by atoms with Gasteiger partial charge in [-0.05, 0) is 43.4 Å². The number of benzene rings is 1. The molecule has 1 atom stereocenters. The first-order valence-corrected chi connectivity index (χ1v) is 7.02. The standard InChI is InChI=1S/C16H27N/c1-3-4-5-6-10-15(13-17)12-16-11-8-7-9-14(16)2/h7-9,11,15H,3-6,10,12-13,17H2,1-2H3. The first-order chi connectivity index (χ1) is 8.27. The molecule has 17 heavy (non-hydrogen) atoms. The lowest BCUT2D eigenvalue weighted by molar-refractivity contribution is 0.459. The van der Waals surface area contributed by atoms with Gasteiger partial charge in [-0.15, -0.1) is 0 Å². The van der Waals surface area contributed by atoms with Gasteiger partial charge in [0.25, 0.3) is 0 Å². The fourth-order valence-corrected chi connectivity index (χ4v) is 2.31. The third-order valence-electron chi connectivity index (χ3n) is 3.57. The SMILES string of the molecule is CCCCCCC(CN)Cc1ccccc1C. The molecule has 0 aliphatic rings. The molecule has 1 heteroatoms. The Morgan fingerprint density at radius 3 is 2.53 bits per heavy atom. The highest BCUT2D eigenvalue weighted by Gasteiger charge is 2.08. The van der Waals surface area contributed by atoms with Crippen molar-refractivity contribution in [2.75, 3.05) is 6.54 Å². The third kappa shape index (κ3) is 5.36. The highest BCUT2D eigenvalue weighted by atomic mass is 14.5. The van der Waals surface area contributed by atoms with Crippen LogP contribution in [0.15, 0.2) is 24.3 Å². The molecule has 1 nitrogen and oxygen atoms in total. The van der Waals surface area contributed by atoms with Crippen LogP contribution >= 0.6 is 0 Å². The van der Waals surface area contributed by atoms with E-state index in [9.17, 15) is 0 Å². The molecule has 2 N–H and O–H groups in total. The molecule has 0 radical (unpaired) electrons. The van der Waals surface area contributed by atoms with Crippen molar-refractivity contribution >= 4 is 0 Å². The molecule has 0 spiro atoms. The van der Waals surface area contributed by atoms with Crippen molar-refractivity contribution in [3.63, 3.8) is 0 Å². The Kier molecular flexibility index (Phi) is 6.95. The van der Waals surface area contributed by atoms with Gasteiger partial charge in [0.2, 0.25) is 0 Å². The molecular weight excluding hydrogens is 206 g/mol. The fourth-order valence-electron chi connectivity index (χ4n) is 2.31. The van der Waals surface area contributed by atoms with Gasteiger partial charge in [0.05, 0.1) is 0 Å². The van der Waals surface area contributed by atoms with Gasteiger partial charge in [0.1, 0.15) is 0 Å². The first-order valence-electron chi connectivity index (χ1n) is 7.02. The van der Waals surface area contributed by atoms with Crippen LogP contribution in [0.5, 0.6) is 0 Å². The van der Waals surface area contributed by atoms with Crippen LogP contribution in [0.2, 0.25) is 0 Å². The van der Waals surface area contributed by atoms with Crippen LogP contribution in [-0.4, -0.2) is 6.54 Å². The van der Waals surface area contributed by atoms with E-state index in [4.69, 9.17) is 5.73 Å². The molecule has 96 valence electrons. The molecule has 0 heterocycles. The second-order valence-electron chi connectivity index (χ2n) is 5.08. The van der Waals surface area contributed by atoms with Crippen LogP contribution in [0.3, 0.4) is 0 Å². The molecule has 0 fully saturated rings. The number of hydrogen-bond acceptors (Lipinski definition) is 1.